The quantitative estimate of drug-likeness (QED) is 0.763. The highest BCUT2D eigenvalue weighted by atomic mass is 79.9. The van der Waals surface area contributed by atoms with E-state index in [1.54, 1.807) is 0 Å². The summed E-state index contributed by atoms with van der Waals surface area (Å²) in [5, 5.41) is 15.2. The second-order valence-corrected chi connectivity index (χ2v) is 5.37. The molecule has 0 spiro atoms. The normalized spacial score (nSPS) is 11.0. The van der Waals surface area contributed by atoms with Gasteiger partial charge < -0.3 is 14.3 Å². The number of hydrogen-bond donors (Lipinski definition) is 1. The van der Waals surface area contributed by atoms with Crippen LogP contribution in [-0.4, -0.2) is 15.4 Å². The summed E-state index contributed by atoms with van der Waals surface area (Å²) in [4.78, 5) is 0. The Morgan fingerprint density at radius 3 is 2.81 bits per heavy atom. The molecule has 108 valence electrons. The molecule has 3 aromatic rings. The number of aromatic nitrogens is 3. The summed E-state index contributed by atoms with van der Waals surface area (Å²) in [6.45, 7) is 2.92. The summed E-state index contributed by atoms with van der Waals surface area (Å²) in [6.07, 6.45) is 0. The number of nitrogens with zero attached hydrogens (tertiary/aromatic N) is 3. The monoisotopic (exact) mass is 348 g/mol. The third kappa shape index (κ3) is 3.37. The van der Waals surface area contributed by atoms with Crippen LogP contribution < -0.4 is 5.32 Å². The second kappa shape index (κ2) is 6.19. The van der Waals surface area contributed by atoms with Gasteiger partial charge in [0.05, 0.1) is 17.8 Å². The van der Waals surface area contributed by atoms with Gasteiger partial charge in [-0.15, -0.1) is 10.2 Å². The van der Waals surface area contributed by atoms with Crippen molar-refractivity contribution in [2.45, 2.75) is 20.0 Å². The first-order valence-corrected chi connectivity index (χ1v) is 7.22. The van der Waals surface area contributed by atoms with E-state index in [2.05, 4.69) is 36.6 Å². The highest BCUT2D eigenvalue weighted by molar-refractivity contribution is 9.10. The van der Waals surface area contributed by atoms with Gasteiger partial charge in [0.15, 0.2) is 0 Å². The maximum atomic E-state index is 5.64. The molecule has 0 radical (unpaired) electrons. The Bertz CT molecular complexity index is 738. The highest BCUT2D eigenvalue weighted by Gasteiger charge is 2.11. The molecule has 21 heavy (non-hydrogen) atoms. The molecule has 2 heterocycles. The van der Waals surface area contributed by atoms with Crippen molar-refractivity contribution in [3.63, 3.8) is 0 Å². The van der Waals surface area contributed by atoms with Crippen molar-refractivity contribution in [3.8, 4) is 11.5 Å². The van der Waals surface area contributed by atoms with E-state index in [1.807, 2.05) is 37.3 Å². The number of hydrogen-bond acceptors (Lipinski definition) is 6. The molecule has 7 heteroatoms. The molecule has 0 aliphatic carbocycles. The summed E-state index contributed by atoms with van der Waals surface area (Å²) in [6, 6.07) is 9.60. The molecular weight excluding hydrogens is 336 g/mol. The maximum absolute atomic E-state index is 5.64. The second-order valence-electron chi connectivity index (χ2n) is 4.51. The van der Waals surface area contributed by atoms with Crippen LogP contribution >= 0.6 is 15.9 Å². The Morgan fingerprint density at radius 2 is 2.05 bits per heavy atom. The largest absolute Gasteiger partial charge is 0.419 e. The number of benzene rings is 1. The summed E-state index contributed by atoms with van der Waals surface area (Å²) < 4.78 is 11.6. The molecular formula is C14H13BrN4O2. The fraction of sp³-hybridized carbons (Fsp3) is 0.214. The zero-order valence-corrected chi connectivity index (χ0v) is 12.9. The van der Waals surface area contributed by atoms with Crippen LogP contribution in [0.15, 0.2) is 43.7 Å². The molecule has 2 aromatic heterocycles. The van der Waals surface area contributed by atoms with Crippen LogP contribution in [0.1, 0.15) is 17.3 Å². The molecule has 0 saturated carbocycles. The molecule has 0 atom stereocenters. The fourth-order valence-corrected chi connectivity index (χ4v) is 2.32. The first-order chi connectivity index (χ1) is 10.2. The van der Waals surface area contributed by atoms with Crippen LogP contribution in [0.2, 0.25) is 0 Å². The summed E-state index contributed by atoms with van der Waals surface area (Å²) >= 11 is 3.47. The average molecular weight is 349 g/mol. The van der Waals surface area contributed by atoms with Gasteiger partial charge in [-0.1, -0.05) is 17.3 Å². The van der Waals surface area contributed by atoms with Crippen molar-refractivity contribution >= 4 is 15.9 Å². The number of halogens is 1. The lowest BCUT2D eigenvalue weighted by molar-refractivity contribution is 0.386. The molecule has 0 unspecified atom stereocenters. The van der Waals surface area contributed by atoms with Crippen LogP contribution in [0.4, 0.5) is 0 Å². The molecule has 3 rings (SSSR count). The Balaban J connectivity index is 1.62. The number of rotatable bonds is 5. The molecule has 0 saturated heterocycles. The molecule has 6 nitrogen and oxygen atoms in total. The Morgan fingerprint density at radius 1 is 1.19 bits per heavy atom. The molecule has 1 aromatic carbocycles. The fourth-order valence-electron chi connectivity index (χ4n) is 1.87. The number of nitrogens with one attached hydrogen (secondary N) is 1. The SMILES string of the molecule is Cc1cc(CNCc2nnc(-c3ccccc3Br)o2)no1. The summed E-state index contributed by atoms with van der Waals surface area (Å²) in [7, 11) is 0. The first-order valence-electron chi connectivity index (χ1n) is 6.42. The van der Waals surface area contributed by atoms with Gasteiger partial charge in [-0.2, -0.15) is 0 Å². The van der Waals surface area contributed by atoms with Crippen molar-refractivity contribution in [3.05, 3.63) is 52.1 Å². The smallest absolute Gasteiger partial charge is 0.248 e. The average Bonchev–Trinajstić information content (AvgIpc) is 3.09. The van der Waals surface area contributed by atoms with Gasteiger partial charge in [-0.25, -0.2) is 0 Å². The molecule has 0 amide bonds. The zero-order valence-electron chi connectivity index (χ0n) is 11.3. The predicted molar refractivity (Wildman–Crippen MR) is 79.2 cm³/mol. The summed E-state index contributed by atoms with van der Waals surface area (Å²) in [5.41, 5.74) is 1.72. The van der Waals surface area contributed by atoms with Gasteiger partial charge in [0.25, 0.3) is 0 Å². The minimum Gasteiger partial charge on any atom is -0.419 e. The number of aryl methyl sites for hydroxylation is 1. The van der Waals surface area contributed by atoms with Crippen LogP contribution in [0.3, 0.4) is 0 Å². The van der Waals surface area contributed by atoms with Crippen LogP contribution in [-0.2, 0) is 13.1 Å². The zero-order chi connectivity index (χ0) is 14.7. The van der Waals surface area contributed by atoms with Gasteiger partial charge in [-0.05, 0) is 35.0 Å². The van der Waals surface area contributed by atoms with E-state index in [1.165, 1.54) is 0 Å². The Kier molecular flexibility index (Phi) is 4.12. The topological polar surface area (TPSA) is 77.0 Å². The van der Waals surface area contributed by atoms with Gasteiger partial charge in [-0.3, -0.25) is 0 Å². The van der Waals surface area contributed by atoms with E-state index in [-0.39, 0.29) is 0 Å². The van der Waals surface area contributed by atoms with E-state index < -0.39 is 0 Å². The maximum Gasteiger partial charge on any atom is 0.248 e. The van der Waals surface area contributed by atoms with Crippen molar-refractivity contribution in [1.82, 2.24) is 20.7 Å². The lowest BCUT2D eigenvalue weighted by atomic mass is 10.2. The highest BCUT2D eigenvalue weighted by Crippen LogP contribution is 2.26. The third-order valence-electron chi connectivity index (χ3n) is 2.83. The minimum atomic E-state index is 0.476. The standard InChI is InChI=1S/C14H13BrN4O2/c1-9-6-10(19-21-9)7-16-8-13-17-18-14(20-13)11-4-2-3-5-12(11)15/h2-6,16H,7-8H2,1H3. The lowest BCUT2D eigenvalue weighted by Crippen LogP contribution is -2.13. The minimum absolute atomic E-state index is 0.476. The van der Waals surface area contributed by atoms with Crippen LogP contribution in [0.5, 0.6) is 0 Å². The van der Waals surface area contributed by atoms with Gasteiger partial charge in [0.1, 0.15) is 5.76 Å². The predicted octanol–water partition coefficient (Wildman–Crippen LogP) is 3.09. The molecule has 1 N–H and O–H groups in total. The van der Waals surface area contributed by atoms with Crippen molar-refractivity contribution < 1.29 is 8.94 Å². The van der Waals surface area contributed by atoms with E-state index in [0.717, 1.165) is 21.5 Å². The molecule has 0 aliphatic heterocycles. The van der Waals surface area contributed by atoms with E-state index in [9.17, 15) is 0 Å². The van der Waals surface area contributed by atoms with Gasteiger partial charge in [0, 0.05) is 17.1 Å². The van der Waals surface area contributed by atoms with Crippen LogP contribution in [0, 0.1) is 6.92 Å². The van der Waals surface area contributed by atoms with E-state index >= 15 is 0 Å². The van der Waals surface area contributed by atoms with Crippen molar-refractivity contribution in [2.24, 2.45) is 0 Å². The first kappa shape index (κ1) is 14.0. The Labute approximate surface area is 129 Å². The third-order valence-corrected chi connectivity index (χ3v) is 3.52. The van der Waals surface area contributed by atoms with Crippen LogP contribution in [0.25, 0.3) is 11.5 Å². The molecule has 0 bridgehead atoms. The van der Waals surface area contributed by atoms with Gasteiger partial charge in [0.2, 0.25) is 11.8 Å². The van der Waals surface area contributed by atoms with E-state index in [0.29, 0.717) is 24.9 Å². The Hall–Kier alpha value is -1.99. The summed E-state index contributed by atoms with van der Waals surface area (Å²) in [5.74, 6) is 1.82. The van der Waals surface area contributed by atoms with E-state index in [4.69, 9.17) is 8.94 Å². The molecule has 0 aliphatic rings. The lowest BCUT2D eigenvalue weighted by Gasteiger charge is -1.98. The molecule has 0 fully saturated rings. The van der Waals surface area contributed by atoms with Crippen molar-refractivity contribution in [2.75, 3.05) is 0 Å². The van der Waals surface area contributed by atoms with Gasteiger partial charge >= 0.3 is 0 Å². The van der Waals surface area contributed by atoms with Crippen molar-refractivity contribution in [1.29, 1.82) is 0 Å².